The highest BCUT2D eigenvalue weighted by Crippen LogP contribution is 2.65. The van der Waals surface area contributed by atoms with Crippen LogP contribution in [-0.4, -0.2) is 70.2 Å². The van der Waals surface area contributed by atoms with Gasteiger partial charge >= 0.3 is 0 Å². The lowest BCUT2D eigenvalue weighted by Gasteiger charge is -2.57. The van der Waals surface area contributed by atoms with Gasteiger partial charge in [-0.05, 0) is 180 Å². The number of nitrogens with zero attached hydrogens (tertiary/aromatic N) is 4. The molecular formula is C50H68N6O2. The van der Waals surface area contributed by atoms with E-state index in [2.05, 4.69) is 59.4 Å². The molecule has 10 saturated carbocycles. The minimum atomic E-state index is -0.135. The summed E-state index contributed by atoms with van der Waals surface area (Å²) < 4.78 is 0. The molecule has 12 aliphatic carbocycles. The summed E-state index contributed by atoms with van der Waals surface area (Å²) in [6.45, 7) is 11.2. The van der Waals surface area contributed by atoms with Crippen LogP contribution >= 0.6 is 0 Å². The van der Waals surface area contributed by atoms with Crippen molar-refractivity contribution >= 4 is 29.2 Å². The standard InChI is InChI=1S/C50H68N6O2/c1-30-14-41-39-5-4-37-21-38(57)6-8-47(37,2)40(39)7-9-48(41,3)45(30)42(58)29-55-10-12-56(13-11-55)44-22-43(53-49-23-31-15-32(24-49)17-33(16-31)25-49)51-46(52-44)54-50-26-34-18-35(27-50)20-36(19-34)28-50/h6-8,21-22,30-36,39,41,45H,4-5,9-20,23-29H2,1-3H3,(H2,51,52,53,54)/t30-,31?,32?,33?,34?,35?,36?,39-,41+,45-,47+,48+,49?,50?/m1/s1. The number of carbonyl (C=O) groups is 2. The molecule has 0 amide bonds. The summed E-state index contributed by atoms with van der Waals surface area (Å²) in [6, 6.07) is 2.28. The molecule has 14 rings (SSSR count). The second-order valence-electron chi connectivity index (χ2n) is 23.2. The summed E-state index contributed by atoms with van der Waals surface area (Å²) in [5.41, 5.74) is 3.03. The first-order valence-electron chi connectivity index (χ1n) is 24.0. The Bertz CT molecular complexity index is 1860. The lowest BCUT2D eigenvalue weighted by molar-refractivity contribution is -0.129. The second kappa shape index (κ2) is 13.0. The van der Waals surface area contributed by atoms with Gasteiger partial charge in [0.15, 0.2) is 11.6 Å². The van der Waals surface area contributed by atoms with Crippen molar-refractivity contribution in [3.05, 3.63) is 41.5 Å². The number of hydrogen-bond acceptors (Lipinski definition) is 8. The van der Waals surface area contributed by atoms with Gasteiger partial charge in [-0.25, -0.2) is 0 Å². The Kier molecular flexibility index (Phi) is 8.26. The monoisotopic (exact) mass is 785 g/mol. The maximum atomic E-state index is 14.5. The van der Waals surface area contributed by atoms with Gasteiger partial charge in [0, 0.05) is 54.7 Å². The first kappa shape index (κ1) is 36.8. The molecule has 11 fully saturated rings. The summed E-state index contributed by atoms with van der Waals surface area (Å²) in [5, 5.41) is 8.23. The van der Waals surface area contributed by atoms with Crippen LogP contribution in [0.4, 0.5) is 17.6 Å². The first-order chi connectivity index (χ1) is 27.9. The molecule has 310 valence electrons. The number of ketones is 2. The molecule has 13 aliphatic rings. The van der Waals surface area contributed by atoms with Gasteiger partial charge in [-0.3, -0.25) is 14.5 Å². The van der Waals surface area contributed by atoms with Crippen molar-refractivity contribution < 1.29 is 9.59 Å². The minimum Gasteiger partial charge on any atom is -0.364 e. The van der Waals surface area contributed by atoms with E-state index in [1.165, 1.54) is 88.2 Å². The third-order valence-corrected chi connectivity index (χ3v) is 19.3. The molecule has 1 aliphatic heterocycles. The van der Waals surface area contributed by atoms with Crippen LogP contribution in [-0.2, 0) is 9.59 Å². The fourth-order valence-electron chi connectivity index (χ4n) is 17.8. The zero-order valence-electron chi connectivity index (χ0n) is 35.6. The molecule has 0 aromatic carbocycles. The van der Waals surface area contributed by atoms with Crippen LogP contribution in [0.5, 0.6) is 0 Å². The average molecular weight is 785 g/mol. The molecule has 6 atom stereocenters. The molecule has 1 aromatic rings. The van der Waals surface area contributed by atoms with Gasteiger partial charge in [-0.2, -0.15) is 9.97 Å². The Morgan fingerprint density at radius 2 is 1.41 bits per heavy atom. The van der Waals surface area contributed by atoms with Crippen LogP contribution in [0, 0.1) is 70.0 Å². The van der Waals surface area contributed by atoms with Gasteiger partial charge in [0.05, 0.1) is 6.54 Å². The van der Waals surface area contributed by atoms with Crippen LogP contribution in [0.2, 0.25) is 0 Å². The van der Waals surface area contributed by atoms with Crippen molar-refractivity contribution in [1.82, 2.24) is 14.9 Å². The van der Waals surface area contributed by atoms with Gasteiger partial charge in [-0.15, -0.1) is 0 Å². The van der Waals surface area contributed by atoms with Gasteiger partial charge in [0.2, 0.25) is 5.95 Å². The minimum absolute atomic E-state index is 0.000577. The Labute approximate surface area is 346 Å². The number of aromatic nitrogens is 2. The molecule has 58 heavy (non-hydrogen) atoms. The fourth-order valence-corrected chi connectivity index (χ4v) is 17.8. The Balaban J connectivity index is 0.754. The number of anilines is 3. The van der Waals surface area contributed by atoms with E-state index in [9.17, 15) is 9.59 Å². The largest absolute Gasteiger partial charge is 0.364 e. The molecule has 2 heterocycles. The highest BCUT2D eigenvalue weighted by atomic mass is 16.1. The third kappa shape index (κ3) is 5.89. The van der Waals surface area contributed by atoms with E-state index in [0.29, 0.717) is 30.1 Å². The molecule has 1 aromatic heterocycles. The second-order valence-corrected chi connectivity index (χ2v) is 23.2. The van der Waals surface area contributed by atoms with Crippen LogP contribution < -0.4 is 15.5 Å². The Morgan fingerprint density at radius 3 is 2.03 bits per heavy atom. The van der Waals surface area contributed by atoms with Crippen molar-refractivity contribution in [2.75, 3.05) is 48.3 Å². The summed E-state index contributed by atoms with van der Waals surface area (Å²) in [4.78, 5) is 42.4. The lowest BCUT2D eigenvalue weighted by Crippen LogP contribution is -2.55. The third-order valence-electron chi connectivity index (χ3n) is 19.3. The molecule has 8 nitrogen and oxygen atoms in total. The van der Waals surface area contributed by atoms with Gasteiger partial charge in [0.25, 0.3) is 0 Å². The van der Waals surface area contributed by atoms with Crippen LogP contribution in [0.15, 0.2) is 41.5 Å². The van der Waals surface area contributed by atoms with Gasteiger partial charge in [-0.1, -0.05) is 37.1 Å². The Hall–Kier alpha value is -3.00. The highest BCUT2D eigenvalue weighted by Gasteiger charge is 2.59. The van der Waals surface area contributed by atoms with Crippen molar-refractivity contribution in [2.24, 2.45) is 70.0 Å². The smallest absolute Gasteiger partial charge is 0.227 e. The van der Waals surface area contributed by atoms with E-state index in [4.69, 9.17) is 9.97 Å². The van der Waals surface area contributed by atoms with E-state index in [0.717, 1.165) is 105 Å². The van der Waals surface area contributed by atoms with E-state index < -0.39 is 0 Å². The topological polar surface area (TPSA) is 90.5 Å². The lowest BCUT2D eigenvalue weighted by atomic mass is 9.52. The molecule has 2 N–H and O–H groups in total. The molecular weight excluding hydrogens is 717 g/mol. The number of allylic oxidation sites excluding steroid dienone is 6. The zero-order chi connectivity index (χ0) is 39.2. The van der Waals surface area contributed by atoms with Gasteiger partial charge in [0.1, 0.15) is 11.6 Å². The number of fused-ring (bicyclic) bond motifs is 5. The number of carbonyl (C=O) groups excluding carboxylic acids is 2. The van der Waals surface area contributed by atoms with Crippen LogP contribution in [0.3, 0.4) is 0 Å². The molecule has 8 bridgehead atoms. The van der Waals surface area contributed by atoms with E-state index in [-0.39, 0.29) is 33.6 Å². The van der Waals surface area contributed by atoms with Gasteiger partial charge < -0.3 is 15.5 Å². The molecule has 1 saturated heterocycles. The quantitative estimate of drug-likeness (QED) is 0.253. The molecule has 8 heteroatoms. The molecule has 0 spiro atoms. The maximum absolute atomic E-state index is 14.5. The Morgan fingerprint density at radius 1 is 0.810 bits per heavy atom. The summed E-state index contributed by atoms with van der Waals surface area (Å²) in [5.74, 6) is 10.3. The number of nitrogens with one attached hydrogen (secondary N) is 2. The summed E-state index contributed by atoms with van der Waals surface area (Å²) >= 11 is 0. The predicted molar refractivity (Wildman–Crippen MR) is 229 cm³/mol. The average Bonchev–Trinajstić information content (AvgIpc) is 3.43. The number of hydrogen-bond donors (Lipinski definition) is 2. The zero-order valence-corrected chi connectivity index (χ0v) is 35.6. The number of Topliss-reactive ketones (excluding diaryl/α,β-unsaturated/α-hetero) is 1. The van der Waals surface area contributed by atoms with Crippen LogP contribution in [0.1, 0.15) is 124 Å². The van der Waals surface area contributed by atoms with E-state index in [1.807, 2.05) is 6.08 Å². The normalized spacial score (nSPS) is 47.0. The van der Waals surface area contributed by atoms with E-state index in [1.54, 1.807) is 6.08 Å². The number of rotatable bonds is 8. The fraction of sp³-hybridized carbons (Fsp3) is 0.760. The van der Waals surface area contributed by atoms with Crippen molar-refractivity contribution in [1.29, 1.82) is 0 Å². The van der Waals surface area contributed by atoms with E-state index >= 15 is 0 Å². The van der Waals surface area contributed by atoms with Crippen molar-refractivity contribution in [3.8, 4) is 0 Å². The van der Waals surface area contributed by atoms with Crippen molar-refractivity contribution in [2.45, 2.75) is 135 Å². The van der Waals surface area contributed by atoms with Crippen LogP contribution in [0.25, 0.3) is 0 Å². The van der Waals surface area contributed by atoms with Crippen molar-refractivity contribution in [3.63, 3.8) is 0 Å². The summed E-state index contributed by atoms with van der Waals surface area (Å²) in [7, 11) is 0. The maximum Gasteiger partial charge on any atom is 0.227 e. The number of piperazine rings is 1. The predicted octanol–water partition coefficient (Wildman–Crippen LogP) is 9.02. The highest BCUT2D eigenvalue weighted by molar-refractivity contribution is 6.01. The molecule has 0 unspecified atom stereocenters. The SMILES string of the molecule is C[C@@H]1C[C@H]2[C@@H]3CCC4=CC(=O)C=C[C@]4(C)C3=CC[C@]2(C)[C@H]1C(=O)CN1CCN(c2cc(NC34CC5CC(CC(C5)C3)C4)nc(NC34CC5CC(CC(C5)C3)C4)n2)CC1. The summed E-state index contributed by atoms with van der Waals surface area (Å²) in [6.07, 6.45) is 29.0. The molecule has 0 radical (unpaired) electrons. The first-order valence-corrected chi connectivity index (χ1v) is 24.0.